The molecule has 0 aromatic rings. The maximum atomic E-state index is 3.67. The van der Waals surface area contributed by atoms with Gasteiger partial charge in [0.2, 0.25) is 0 Å². The van der Waals surface area contributed by atoms with Crippen LogP contribution in [0.4, 0.5) is 0 Å². The molecule has 1 aliphatic heterocycles. The molecule has 1 fully saturated rings. The van der Waals surface area contributed by atoms with Crippen molar-refractivity contribution in [1.29, 1.82) is 0 Å². The quantitative estimate of drug-likeness (QED) is 0.694. The maximum absolute atomic E-state index is 3.67. The third-order valence-electron chi connectivity index (χ3n) is 3.78. The van der Waals surface area contributed by atoms with Gasteiger partial charge in [0, 0.05) is 24.5 Å². The fraction of sp³-hybridized carbons (Fsp3) is 1.00. The predicted molar refractivity (Wildman–Crippen MR) is 75.4 cm³/mol. The first-order valence-corrected chi connectivity index (χ1v) is 7.96. The van der Waals surface area contributed by atoms with Crippen molar-refractivity contribution in [2.75, 3.05) is 38.1 Å². The second-order valence-corrected chi connectivity index (χ2v) is 5.37. The molecule has 0 aromatic heterocycles. The Morgan fingerprint density at radius 2 is 1.94 bits per heavy atom. The topological polar surface area (TPSA) is 6.48 Å². The van der Waals surface area contributed by atoms with Crippen LogP contribution in [0.3, 0.4) is 0 Å². The van der Waals surface area contributed by atoms with Crippen molar-refractivity contribution in [3.05, 3.63) is 0 Å². The molecular weight excluding hydrogens is 264 g/mol. The van der Waals surface area contributed by atoms with Crippen molar-refractivity contribution >= 4 is 15.9 Å². The number of likely N-dealkylation sites (tertiary alicyclic amines) is 1. The van der Waals surface area contributed by atoms with Crippen molar-refractivity contribution in [2.24, 2.45) is 0 Å². The van der Waals surface area contributed by atoms with Crippen molar-refractivity contribution in [2.45, 2.75) is 45.6 Å². The van der Waals surface area contributed by atoms with Crippen LogP contribution >= 0.6 is 15.9 Å². The van der Waals surface area contributed by atoms with Gasteiger partial charge in [-0.25, -0.2) is 0 Å². The van der Waals surface area contributed by atoms with Gasteiger partial charge < -0.3 is 4.90 Å². The van der Waals surface area contributed by atoms with E-state index < -0.39 is 0 Å². The van der Waals surface area contributed by atoms with E-state index in [-0.39, 0.29) is 0 Å². The Bertz CT molecular complexity index is 171. The number of rotatable bonds is 6. The Kier molecular flexibility index (Phi) is 7.67. The van der Waals surface area contributed by atoms with Gasteiger partial charge in [-0.2, -0.15) is 0 Å². The van der Waals surface area contributed by atoms with E-state index in [1.165, 1.54) is 58.4 Å². The van der Waals surface area contributed by atoms with Gasteiger partial charge in [0.05, 0.1) is 0 Å². The Labute approximate surface area is 109 Å². The first-order valence-electron chi connectivity index (χ1n) is 6.84. The molecule has 0 radical (unpaired) electrons. The molecule has 0 N–H and O–H groups in total. The number of alkyl halides is 1. The van der Waals surface area contributed by atoms with E-state index >= 15 is 0 Å². The fourth-order valence-corrected chi connectivity index (χ4v) is 3.25. The molecule has 96 valence electrons. The summed E-state index contributed by atoms with van der Waals surface area (Å²) in [5, 5.41) is 1.14. The molecule has 1 heterocycles. The van der Waals surface area contributed by atoms with Gasteiger partial charge in [-0.15, -0.1) is 0 Å². The first kappa shape index (κ1) is 14.5. The lowest BCUT2D eigenvalue weighted by Gasteiger charge is -2.30. The summed E-state index contributed by atoms with van der Waals surface area (Å²) < 4.78 is 0. The second-order valence-electron chi connectivity index (χ2n) is 4.72. The first-order chi connectivity index (χ1) is 7.81. The monoisotopic (exact) mass is 290 g/mol. The Hall–Kier alpha value is 0.400. The van der Waals surface area contributed by atoms with Crippen LogP contribution in [0, 0.1) is 0 Å². The van der Waals surface area contributed by atoms with Crippen LogP contribution in [0.25, 0.3) is 0 Å². The highest BCUT2D eigenvalue weighted by molar-refractivity contribution is 9.09. The summed E-state index contributed by atoms with van der Waals surface area (Å²) in [6, 6.07) is 0.776. The maximum Gasteiger partial charge on any atom is 0.0193 e. The third kappa shape index (κ3) is 4.72. The lowest BCUT2D eigenvalue weighted by molar-refractivity contribution is 0.179. The predicted octanol–water partition coefficient (Wildman–Crippen LogP) is 2.97. The van der Waals surface area contributed by atoms with Crippen LogP contribution in [-0.2, 0) is 0 Å². The average molecular weight is 291 g/mol. The molecule has 16 heavy (non-hydrogen) atoms. The van der Waals surface area contributed by atoms with Crippen molar-refractivity contribution < 1.29 is 0 Å². The Balaban J connectivity index is 2.36. The Morgan fingerprint density at radius 1 is 1.19 bits per heavy atom. The molecule has 3 heteroatoms. The summed E-state index contributed by atoms with van der Waals surface area (Å²) in [7, 11) is 0. The van der Waals surface area contributed by atoms with E-state index in [2.05, 4.69) is 39.6 Å². The van der Waals surface area contributed by atoms with Gasteiger partial charge in [0.1, 0.15) is 0 Å². The molecule has 0 saturated carbocycles. The van der Waals surface area contributed by atoms with Crippen LogP contribution in [0.2, 0.25) is 0 Å². The van der Waals surface area contributed by atoms with Crippen LogP contribution < -0.4 is 0 Å². The van der Waals surface area contributed by atoms with Crippen LogP contribution in [0.5, 0.6) is 0 Å². The van der Waals surface area contributed by atoms with Crippen molar-refractivity contribution in [3.8, 4) is 0 Å². The zero-order chi connectivity index (χ0) is 11.8. The zero-order valence-electron chi connectivity index (χ0n) is 10.9. The minimum atomic E-state index is 0.776. The number of hydrogen-bond acceptors (Lipinski definition) is 2. The average Bonchev–Trinajstić information content (AvgIpc) is 2.55. The molecule has 1 aliphatic rings. The standard InChI is InChI=1S/C13H27BrN2/c1-3-15(4-2)10-11-16-9-7-5-6-8-13(16)12-14/h13H,3-12H2,1-2H3. The highest BCUT2D eigenvalue weighted by atomic mass is 79.9. The lowest BCUT2D eigenvalue weighted by Crippen LogP contribution is -2.41. The van der Waals surface area contributed by atoms with Gasteiger partial charge in [-0.05, 0) is 32.5 Å². The molecule has 2 nitrogen and oxygen atoms in total. The Morgan fingerprint density at radius 3 is 2.56 bits per heavy atom. The van der Waals surface area contributed by atoms with E-state index in [1.54, 1.807) is 0 Å². The number of hydrogen-bond donors (Lipinski definition) is 0. The van der Waals surface area contributed by atoms with Crippen molar-refractivity contribution in [3.63, 3.8) is 0 Å². The molecule has 1 unspecified atom stereocenters. The normalized spacial score (nSPS) is 23.6. The van der Waals surface area contributed by atoms with Gasteiger partial charge in [0.25, 0.3) is 0 Å². The SMILES string of the molecule is CCN(CC)CCN1CCCCCC1CBr. The molecular formula is C13H27BrN2. The van der Waals surface area contributed by atoms with Gasteiger partial charge in [-0.1, -0.05) is 42.6 Å². The summed E-state index contributed by atoms with van der Waals surface area (Å²) >= 11 is 3.67. The summed E-state index contributed by atoms with van der Waals surface area (Å²) in [5.74, 6) is 0. The van der Waals surface area contributed by atoms with Crippen LogP contribution in [0.15, 0.2) is 0 Å². The molecule has 0 aromatic carbocycles. The number of likely N-dealkylation sites (N-methyl/N-ethyl adjacent to an activating group) is 1. The van der Waals surface area contributed by atoms with E-state index in [1.807, 2.05) is 0 Å². The molecule has 1 atom stereocenters. The summed E-state index contributed by atoms with van der Waals surface area (Å²) in [6.45, 7) is 10.7. The van der Waals surface area contributed by atoms with Crippen LogP contribution in [0.1, 0.15) is 39.5 Å². The molecule has 1 rings (SSSR count). The number of nitrogens with zero attached hydrogens (tertiary/aromatic N) is 2. The van der Waals surface area contributed by atoms with Crippen LogP contribution in [-0.4, -0.2) is 53.9 Å². The smallest absolute Gasteiger partial charge is 0.0193 e. The molecule has 0 aliphatic carbocycles. The van der Waals surface area contributed by atoms with Gasteiger partial charge >= 0.3 is 0 Å². The van der Waals surface area contributed by atoms with Gasteiger partial charge in [0.15, 0.2) is 0 Å². The lowest BCUT2D eigenvalue weighted by atomic mass is 10.1. The third-order valence-corrected chi connectivity index (χ3v) is 4.52. The summed E-state index contributed by atoms with van der Waals surface area (Å²) in [4.78, 5) is 5.22. The zero-order valence-corrected chi connectivity index (χ0v) is 12.5. The molecule has 0 amide bonds. The highest BCUT2D eigenvalue weighted by Gasteiger charge is 2.19. The largest absolute Gasteiger partial charge is 0.303 e. The fourth-order valence-electron chi connectivity index (χ4n) is 2.52. The number of halogens is 1. The van der Waals surface area contributed by atoms with Gasteiger partial charge in [-0.3, -0.25) is 4.90 Å². The minimum absolute atomic E-state index is 0.776. The van der Waals surface area contributed by atoms with Crippen molar-refractivity contribution in [1.82, 2.24) is 9.80 Å². The summed E-state index contributed by atoms with van der Waals surface area (Å²) in [5.41, 5.74) is 0. The van der Waals surface area contributed by atoms with E-state index in [0.717, 1.165) is 11.4 Å². The molecule has 0 spiro atoms. The minimum Gasteiger partial charge on any atom is -0.303 e. The van der Waals surface area contributed by atoms with E-state index in [4.69, 9.17) is 0 Å². The second kappa shape index (κ2) is 8.48. The summed E-state index contributed by atoms with van der Waals surface area (Å²) in [6.07, 6.45) is 5.61. The van der Waals surface area contributed by atoms with E-state index in [9.17, 15) is 0 Å². The van der Waals surface area contributed by atoms with E-state index in [0.29, 0.717) is 0 Å². The molecule has 0 bridgehead atoms. The highest BCUT2D eigenvalue weighted by Crippen LogP contribution is 2.18. The molecule has 1 saturated heterocycles.